The molecule has 3 atom stereocenters. The molecule has 0 aromatic heterocycles. The van der Waals surface area contributed by atoms with E-state index in [0.29, 0.717) is 6.42 Å². The zero-order valence-electron chi connectivity index (χ0n) is 19.4. The summed E-state index contributed by atoms with van der Waals surface area (Å²) in [5.74, 6) is -2.03. The molecule has 12 heteroatoms. The zero-order valence-corrected chi connectivity index (χ0v) is 23.9. The van der Waals surface area contributed by atoms with Gasteiger partial charge in [-0.2, -0.15) is 0 Å². The summed E-state index contributed by atoms with van der Waals surface area (Å²) in [7, 11) is 0. The molecule has 0 aliphatic carbocycles. The third-order valence-corrected chi connectivity index (χ3v) is 6.20. The molecular formula is C22H36Cl6N2O4. The summed E-state index contributed by atoms with van der Waals surface area (Å²) in [6, 6.07) is -2.31. The van der Waals surface area contributed by atoms with E-state index in [9.17, 15) is 19.8 Å². The van der Waals surface area contributed by atoms with Gasteiger partial charge >= 0.3 is 0 Å². The molecule has 4 N–H and O–H groups in total. The molecule has 0 heterocycles. The molecule has 0 aliphatic heterocycles. The summed E-state index contributed by atoms with van der Waals surface area (Å²) >= 11 is 33.7. The van der Waals surface area contributed by atoms with E-state index in [1.54, 1.807) is 12.2 Å². The van der Waals surface area contributed by atoms with Crippen molar-refractivity contribution in [2.75, 3.05) is 6.61 Å². The molecule has 0 saturated carbocycles. The Morgan fingerprint density at radius 1 is 0.794 bits per heavy atom. The molecule has 200 valence electrons. The number of nitrogens with one attached hydrogen (secondary N) is 2. The lowest BCUT2D eigenvalue weighted by atomic mass is 10.0. The van der Waals surface area contributed by atoms with Crippen molar-refractivity contribution in [1.29, 1.82) is 0 Å². The Balaban J connectivity index is 4.93. The van der Waals surface area contributed by atoms with Crippen LogP contribution in [0.4, 0.5) is 0 Å². The minimum absolute atomic E-state index is 0.691. The van der Waals surface area contributed by atoms with Gasteiger partial charge in [0.2, 0.25) is 0 Å². The molecule has 0 bridgehead atoms. The second-order valence-electron chi connectivity index (χ2n) is 8.14. The number of hydrogen-bond acceptors (Lipinski definition) is 4. The van der Waals surface area contributed by atoms with Gasteiger partial charge in [0.05, 0.1) is 24.8 Å². The Hall–Kier alpha value is 0.340. The lowest BCUT2D eigenvalue weighted by Crippen LogP contribution is -2.60. The molecule has 0 aromatic carbocycles. The van der Waals surface area contributed by atoms with Gasteiger partial charge in [0, 0.05) is 0 Å². The van der Waals surface area contributed by atoms with Gasteiger partial charge in [-0.3, -0.25) is 9.59 Å². The summed E-state index contributed by atoms with van der Waals surface area (Å²) in [6.07, 6.45) is 14.5. The third kappa shape index (κ3) is 16.2. The number of alkyl halides is 6. The Bertz CT molecular complexity index is 611. The Labute approximate surface area is 233 Å². The number of allylic oxidation sites excluding steroid dienone is 1. The van der Waals surface area contributed by atoms with E-state index in [1.165, 1.54) is 44.9 Å². The van der Waals surface area contributed by atoms with E-state index in [2.05, 4.69) is 17.6 Å². The second kappa shape index (κ2) is 18.6. The number of carbonyl (C=O) groups is 2. The monoisotopic (exact) mass is 602 g/mol. The van der Waals surface area contributed by atoms with Crippen molar-refractivity contribution >= 4 is 81.4 Å². The van der Waals surface area contributed by atoms with Crippen molar-refractivity contribution in [3.63, 3.8) is 0 Å². The Kier molecular flexibility index (Phi) is 18.7. The molecule has 0 spiro atoms. The molecule has 0 radical (unpaired) electrons. The van der Waals surface area contributed by atoms with Gasteiger partial charge in [-0.05, 0) is 12.8 Å². The number of hydrogen-bond donors (Lipinski definition) is 4. The van der Waals surface area contributed by atoms with Crippen molar-refractivity contribution in [2.45, 2.75) is 103 Å². The fourth-order valence-corrected chi connectivity index (χ4v) is 3.58. The molecule has 34 heavy (non-hydrogen) atoms. The van der Waals surface area contributed by atoms with Crippen molar-refractivity contribution in [3.8, 4) is 0 Å². The summed E-state index contributed by atoms with van der Waals surface area (Å²) in [6.45, 7) is 1.47. The molecule has 2 amide bonds. The number of rotatable bonds is 17. The van der Waals surface area contributed by atoms with Gasteiger partial charge < -0.3 is 20.8 Å². The van der Waals surface area contributed by atoms with Crippen LogP contribution in [-0.4, -0.2) is 54.4 Å². The minimum atomic E-state index is -2.32. The first-order chi connectivity index (χ1) is 15.8. The molecular weight excluding hydrogens is 569 g/mol. The second-order valence-corrected chi connectivity index (χ2v) is 12.7. The maximum absolute atomic E-state index is 12.2. The smallest absolute Gasteiger partial charge is 0.272 e. The summed E-state index contributed by atoms with van der Waals surface area (Å²) in [5.41, 5.74) is 0. The highest BCUT2D eigenvalue weighted by atomic mass is 35.6. The van der Waals surface area contributed by atoms with Gasteiger partial charge in [-0.25, -0.2) is 0 Å². The first kappa shape index (κ1) is 34.3. The summed E-state index contributed by atoms with van der Waals surface area (Å²) in [5, 5.41) is 24.4. The number of halogens is 6. The average molecular weight is 605 g/mol. The molecule has 0 aromatic rings. The van der Waals surface area contributed by atoms with Crippen LogP contribution in [0.2, 0.25) is 0 Å². The topological polar surface area (TPSA) is 98.7 Å². The fraction of sp³-hybridized carbons (Fsp3) is 0.818. The van der Waals surface area contributed by atoms with Crippen molar-refractivity contribution < 1.29 is 19.8 Å². The van der Waals surface area contributed by atoms with Crippen LogP contribution in [0.3, 0.4) is 0 Å². The highest BCUT2D eigenvalue weighted by Gasteiger charge is 2.39. The van der Waals surface area contributed by atoms with Crippen LogP contribution >= 0.6 is 69.6 Å². The van der Waals surface area contributed by atoms with Crippen LogP contribution in [0.5, 0.6) is 0 Å². The molecule has 0 rings (SSSR count). The highest BCUT2D eigenvalue weighted by molar-refractivity contribution is 6.76. The van der Waals surface area contributed by atoms with Gasteiger partial charge in [0.25, 0.3) is 19.4 Å². The van der Waals surface area contributed by atoms with E-state index in [1.807, 2.05) is 0 Å². The van der Waals surface area contributed by atoms with Gasteiger partial charge in [-0.15, -0.1) is 0 Å². The number of carbonyl (C=O) groups excluding carboxylic acids is 2. The van der Waals surface area contributed by atoms with Gasteiger partial charge in [0.1, 0.15) is 0 Å². The molecule has 0 fully saturated rings. The molecule has 6 nitrogen and oxygen atoms in total. The van der Waals surface area contributed by atoms with Crippen molar-refractivity contribution in [3.05, 3.63) is 12.2 Å². The van der Waals surface area contributed by atoms with Crippen molar-refractivity contribution in [2.24, 2.45) is 0 Å². The predicted molar refractivity (Wildman–Crippen MR) is 143 cm³/mol. The van der Waals surface area contributed by atoms with Gasteiger partial charge in [-0.1, -0.05) is 146 Å². The van der Waals surface area contributed by atoms with E-state index in [-0.39, 0.29) is 0 Å². The zero-order chi connectivity index (χ0) is 26.2. The first-order valence-corrected chi connectivity index (χ1v) is 13.8. The normalized spacial score (nSPS) is 15.2. The number of amides is 2. The minimum Gasteiger partial charge on any atom is -0.394 e. The fourth-order valence-electron chi connectivity index (χ4n) is 3.26. The lowest BCUT2D eigenvalue weighted by Gasteiger charge is -2.31. The number of aliphatic hydroxyl groups excluding tert-OH is 2. The van der Waals surface area contributed by atoms with Crippen LogP contribution in [0.25, 0.3) is 0 Å². The van der Waals surface area contributed by atoms with Crippen LogP contribution < -0.4 is 10.6 Å². The van der Waals surface area contributed by atoms with Crippen LogP contribution in [0.1, 0.15) is 77.6 Å². The summed E-state index contributed by atoms with van der Waals surface area (Å²) in [4.78, 5) is 24.4. The SMILES string of the molecule is CCCCCCCCCCCC/C=C/[C@H](NC(=O)C(Cl)(Cl)Cl)[C@@H](NC(=O)C(Cl)(Cl)Cl)[C@H](O)CO. The quantitative estimate of drug-likeness (QED) is 0.0941. The Morgan fingerprint density at radius 2 is 1.24 bits per heavy atom. The highest BCUT2D eigenvalue weighted by Crippen LogP contribution is 2.28. The van der Waals surface area contributed by atoms with E-state index in [0.717, 1.165) is 19.3 Å². The van der Waals surface area contributed by atoms with Crippen LogP contribution in [-0.2, 0) is 9.59 Å². The van der Waals surface area contributed by atoms with Crippen LogP contribution in [0, 0.1) is 0 Å². The lowest BCUT2D eigenvalue weighted by molar-refractivity contribution is -0.124. The molecule has 0 unspecified atom stereocenters. The number of aliphatic hydroxyl groups is 2. The predicted octanol–water partition coefficient (Wildman–Crippen LogP) is 5.92. The average Bonchev–Trinajstić information content (AvgIpc) is 2.75. The number of unbranched alkanes of at least 4 members (excludes halogenated alkanes) is 10. The van der Waals surface area contributed by atoms with E-state index >= 15 is 0 Å². The summed E-state index contributed by atoms with van der Waals surface area (Å²) < 4.78 is -4.60. The molecule has 0 saturated heterocycles. The Morgan fingerprint density at radius 3 is 1.68 bits per heavy atom. The van der Waals surface area contributed by atoms with Crippen molar-refractivity contribution in [1.82, 2.24) is 10.6 Å². The largest absolute Gasteiger partial charge is 0.394 e. The third-order valence-electron chi connectivity index (χ3n) is 5.17. The van der Waals surface area contributed by atoms with E-state index in [4.69, 9.17) is 69.6 Å². The van der Waals surface area contributed by atoms with Gasteiger partial charge in [0.15, 0.2) is 0 Å². The van der Waals surface area contributed by atoms with E-state index < -0.39 is 44.2 Å². The first-order valence-electron chi connectivity index (χ1n) is 11.6. The van der Waals surface area contributed by atoms with Crippen LogP contribution in [0.15, 0.2) is 12.2 Å². The maximum atomic E-state index is 12.2. The maximum Gasteiger partial charge on any atom is 0.272 e. The standard InChI is InChI=1S/C22H36Cl6N2O4/c1-2-3-4-5-6-7-8-9-10-11-12-13-14-16(29-19(33)21(23,24)25)18(17(32)15-31)30-20(34)22(26,27)28/h13-14,16-18,31-32H,2-12,15H2,1H3,(H,29,33)(H,30,34)/b14-13+/t16-,17+,18+/m0/s1. The molecule has 0 aliphatic rings.